The van der Waals surface area contributed by atoms with Crippen LogP contribution in [-0.2, 0) is 0 Å². The van der Waals surface area contributed by atoms with E-state index in [2.05, 4.69) is 45.1 Å². The van der Waals surface area contributed by atoms with Crippen molar-refractivity contribution < 1.29 is 0 Å². The molecule has 1 aliphatic heterocycles. The maximum atomic E-state index is 5.62. The highest BCUT2D eigenvalue weighted by molar-refractivity contribution is 5.92. The van der Waals surface area contributed by atoms with Crippen LogP contribution in [-0.4, -0.2) is 49.2 Å². The lowest BCUT2D eigenvalue weighted by Crippen LogP contribution is -2.32. The topological polar surface area (TPSA) is 45.4 Å². The van der Waals surface area contributed by atoms with Gasteiger partial charge in [-0.2, -0.15) is 0 Å². The summed E-state index contributed by atoms with van der Waals surface area (Å²) in [6, 6.07) is 10.6. The van der Waals surface area contributed by atoms with Crippen molar-refractivity contribution in [1.29, 1.82) is 0 Å². The third-order valence-corrected chi connectivity index (χ3v) is 4.22. The first-order chi connectivity index (χ1) is 10.4. The first-order valence-corrected chi connectivity index (χ1v) is 7.89. The van der Waals surface area contributed by atoms with Crippen LogP contribution in [0.15, 0.2) is 36.5 Å². The van der Waals surface area contributed by atoms with Crippen LogP contribution in [0.25, 0.3) is 10.8 Å². The highest BCUT2D eigenvalue weighted by Gasteiger charge is 2.17. The molecular formula is C17H24N4. The number of nitrogens with zero attached hydrogens (tertiary/aromatic N) is 3. The molecule has 0 atom stereocenters. The Balaban J connectivity index is 1.77. The summed E-state index contributed by atoms with van der Waals surface area (Å²) in [5.41, 5.74) is 5.62. The molecular weight excluding hydrogens is 260 g/mol. The largest absolute Gasteiger partial charge is 0.355 e. The van der Waals surface area contributed by atoms with Gasteiger partial charge in [0.05, 0.1) is 0 Å². The fourth-order valence-corrected chi connectivity index (χ4v) is 3.08. The second kappa shape index (κ2) is 6.87. The Morgan fingerprint density at radius 1 is 1.05 bits per heavy atom. The fraction of sp³-hybridized carbons (Fsp3) is 0.471. The van der Waals surface area contributed by atoms with Crippen LogP contribution in [0.1, 0.15) is 12.8 Å². The number of aromatic nitrogens is 1. The van der Waals surface area contributed by atoms with Gasteiger partial charge in [0, 0.05) is 31.2 Å². The Hall–Kier alpha value is -1.65. The number of anilines is 1. The minimum Gasteiger partial charge on any atom is -0.355 e. The summed E-state index contributed by atoms with van der Waals surface area (Å²) in [6.07, 6.45) is 4.21. The normalized spacial score (nSPS) is 17.1. The molecule has 2 heterocycles. The van der Waals surface area contributed by atoms with Gasteiger partial charge < -0.3 is 15.5 Å². The van der Waals surface area contributed by atoms with E-state index in [1.807, 2.05) is 6.20 Å². The van der Waals surface area contributed by atoms with Crippen LogP contribution in [0, 0.1) is 0 Å². The molecule has 2 N–H and O–H groups in total. The Labute approximate surface area is 126 Å². The average Bonchev–Trinajstić information content (AvgIpc) is 2.78. The van der Waals surface area contributed by atoms with Crippen molar-refractivity contribution in [2.24, 2.45) is 5.73 Å². The highest BCUT2D eigenvalue weighted by Crippen LogP contribution is 2.24. The summed E-state index contributed by atoms with van der Waals surface area (Å²) in [7, 11) is 0. The van der Waals surface area contributed by atoms with Gasteiger partial charge in [-0.25, -0.2) is 4.98 Å². The van der Waals surface area contributed by atoms with Crippen molar-refractivity contribution in [1.82, 2.24) is 9.88 Å². The molecule has 0 spiro atoms. The molecule has 0 saturated carbocycles. The number of hydrogen-bond donors (Lipinski definition) is 1. The van der Waals surface area contributed by atoms with E-state index >= 15 is 0 Å². The number of hydrogen-bond acceptors (Lipinski definition) is 4. The van der Waals surface area contributed by atoms with E-state index in [9.17, 15) is 0 Å². The molecule has 4 nitrogen and oxygen atoms in total. The maximum Gasteiger partial charge on any atom is 0.136 e. The highest BCUT2D eigenvalue weighted by atomic mass is 15.2. The van der Waals surface area contributed by atoms with Crippen molar-refractivity contribution in [3.8, 4) is 0 Å². The second-order valence-corrected chi connectivity index (χ2v) is 5.68. The molecule has 21 heavy (non-hydrogen) atoms. The first-order valence-electron chi connectivity index (χ1n) is 7.89. The average molecular weight is 284 g/mol. The number of nitrogens with two attached hydrogens (primary N) is 1. The molecule has 3 rings (SSSR count). The zero-order chi connectivity index (χ0) is 14.5. The fourth-order valence-electron chi connectivity index (χ4n) is 3.08. The number of pyridine rings is 1. The molecule has 0 aliphatic carbocycles. The zero-order valence-electron chi connectivity index (χ0n) is 12.5. The van der Waals surface area contributed by atoms with E-state index in [0.29, 0.717) is 0 Å². The van der Waals surface area contributed by atoms with Crippen molar-refractivity contribution in [3.05, 3.63) is 36.5 Å². The van der Waals surface area contributed by atoms with Gasteiger partial charge in [-0.3, -0.25) is 0 Å². The second-order valence-electron chi connectivity index (χ2n) is 5.68. The molecule has 0 bridgehead atoms. The number of fused-ring (bicyclic) bond motifs is 1. The molecule has 1 aromatic carbocycles. The van der Waals surface area contributed by atoms with Gasteiger partial charge in [0.1, 0.15) is 5.82 Å². The summed E-state index contributed by atoms with van der Waals surface area (Å²) >= 11 is 0. The van der Waals surface area contributed by atoms with Gasteiger partial charge in [0.15, 0.2) is 0 Å². The monoisotopic (exact) mass is 284 g/mol. The third-order valence-electron chi connectivity index (χ3n) is 4.22. The SMILES string of the molecule is NCCCN1CCCN(c2nccc3ccccc23)CC1. The minimum atomic E-state index is 0.783. The summed E-state index contributed by atoms with van der Waals surface area (Å²) in [4.78, 5) is 9.61. The predicted molar refractivity (Wildman–Crippen MR) is 88.7 cm³/mol. The van der Waals surface area contributed by atoms with E-state index in [4.69, 9.17) is 5.73 Å². The molecule has 1 saturated heterocycles. The van der Waals surface area contributed by atoms with Crippen molar-refractivity contribution >= 4 is 16.6 Å². The lowest BCUT2D eigenvalue weighted by molar-refractivity contribution is 0.291. The van der Waals surface area contributed by atoms with E-state index in [0.717, 1.165) is 45.0 Å². The lowest BCUT2D eigenvalue weighted by Gasteiger charge is -2.23. The first kappa shape index (κ1) is 14.3. The summed E-state index contributed by atoms with van der Waals surface area (Å²) < 4.78 is 0. The Morgan fingerprint density at radius 2 is 1.95 bits per heavy atom. The molecule has 1 fully saturated rings. The van der Waals surface area contributed by atoms with Crippen LogP contribution >= 0.6 is 0 Å². The standard InChI is InChI=1S/C17H24N4/c18-8-3-10-20-11-4-12-21(14-13-20)17-16-6-2-1-5-15(16)7-9-19-17/h1-2,5-7,9H,3-4,8,10-14,18H2. The van der Waals surface area contributed by atoms with Crippen molar-refractivity contribution in [2.75, 3.05) is 44.2 Å². The Bertz CT molecular complexity index is 579. The van der Waals surface area contributed by atoms with Gasteiger partial charge in [-0.1, -0.05) is 24.3 Å². The van der Waals surface area contributed by atoms with Gasteiger partial charge >= 0.3 is 0 Å². The van der Waals surface area contributed by atoms with E-state index in [1.54, 1.807) is 0 Å². The number of benzene rings is 1. The van der Waals surface area contributed by atoms with E-state index < -0.39 is 0 Å². The molecule has 1 aliphatic rings. The molecule has 112 valence electrons. The van der Waals surface area contributed by atoms with Gasteiger partial charge in [-0.15, -0.1) is 0 Å². The zero-order valence-corrected chi connectivity index (χ0v) is 12.5. The Kier molecular flexibility index (Phi) is 4.68. The molecule has 4 heteroatoms. The van der Waals surface area contributed by atoms with Crippen LogP contribution in [0.3, 0.4) is 0 Å². The smallest absolute Gasteiger partial charge is 0.136 e. The molecule has 0 unspecified atom stereocenters. The number of rotatable bonds is 4. The van der Waals surface area contributed by atoms with Crippen LogP contribution in [0.2, 0.25) is 0 Å². The Morgan fingerprint density at radius 3 is 2.86 bits per heavy atom. The van der Waals surface area contributed by atoms with Gasteiger partial charge in [0.2, 0.25) is 0 Å². The lowest BCUT2D eigenvalue weighted by atomic mass is 10.1. The molecule has 1 aromatic heterocycles. The third kappa shape index (κ3) is 3.34. The summed E-state index contributed by atoms with van der Waals surface area (Å²) in [5, 5.41) is 2.53. The predicted octanol–water partition coefficient (Wildman–Crippen LogP) is 2.10. The van der Waals surface area contributed by atoms with Crippen LogP contribution in [0.4, 0.5) is 5.82 Å². The minimum absolute atomic E-state index is 0.783. The maximum absolute atomic E-state index is 5.62. The van der Waals surface area contributed by atoms with Crippen LogP contribution in [0.5, 0.6) is 0 Å². The summed E-state index contributed by atoms with van der Waals surface area (Å²) in [6.45, 7) is 6.30. The van der Waals surface area contributed by atoms with Gasteiger partial charge in [-0.05, 0) is 43.9 Å². The van der Waals surface area contributed by atoms with E-state index in [-0.39, 0.29) is 0 Å². The summed E-state index contributed by atoms with van der Waals surface area (Å²) in [5.74, 6) is 1.13. The molecule has 0 radical (unpaired) electrons. The van der Waals surface area contributed by atoms with E-state index in [1.165, 1.54) is 23.7 Å². The van der Waals surface area contributed by atoms with Crippen molar-refractivity contribution in [3.63, 3.8) is 0 Å². The molecule has 0 amide bonds. The molecule has 2 aromatic rings. The van der Waals surface area contributed by atoms with Crippen LogP contribution < -0.4 is 10.6 Å². The quantitative estimate of drug-likeness (QED) is 0.934. The van der Waals surface area contributed by atoms with Gasteiger partial charge in [0.25, 0.3) is 0 Å². The van der Waals surface area contributed by atoms with Crippen molar-refractivity contribution in [2.45, 2.75) is 12.8 Å².